The highest BCUT2D eigenvalue weighted by Crippen LogP contribution is 2.20. The van der Waals surface area contributed by atoms with Crippen molar-refractivity contribution in [1.29, 1.82) is 0 Å². The second-order valence-corrected chi connectivity index (χ2v) is 9.17. The summed E-state index contributed by atoms with van der Waals surface area (Å²) in [6, 6.07) is -0.893. The first-order valence-corrected chi connectivity index (χ1v) is 10.5. The molecule has 164 valence electrons. The van der Waals surface area contributed by atoms with Crippen LogP contribution in [-0.2, 0) is 19.1 Å². The molecule has 0 aromatic heterocycles. The lowest BCUT2D eigenvalue weighted by molar-refractivity contribution is -0.141. The molecule has 0 spiro atoms. The van der Waals surface area contributed by atoms with Gasteiger partial charge in [0, 0.05) is 32.6 Å². The van der Waals surface area contributed by atoms with Crippen molar-refractivity contribution in [3.05, 3.63) is 12.2 Å². The van der Waals surface area contributed by atoms with Crippen molar-refractivity contribution in [3.63, 3.8) is 0 Å². The van der Waals surface area contributed by atoms with E-state index in [1.54, 1.807) is 6.08 Å². The Kier molecular flexibility index (Phi) is 10.2. The fourth-order valence-electron chi connectivity index (χ4n) is 2.87. The van der Waals surface area contributed by atoms with Crippen molar-refractivity contribution < 1.29 is 19.1 Å². The van der Waals surface area contributed by atoms with Gasteiger partial charge < -0.3 is 15.0 Å². The molecule has 10 heteroatoms. The molecule has 0 radical (unpaired) electrons. The van der Waals surface area contributed by atoms with Crippen LogP contribution in [0.25, 0.3) is 0 Å². The molecule has 2 amide bonds. The molecule has 2 saturated heterocycles. The maximum atomic E-state index is 12.8. The first-order chi connectivity index (χ1) is 13.2. The van der Waals surface area contributed by atoms with E-state index in [1.165, 1.54) is 17.8 Å². The van der Waals surface area contributed by atoms with E-state index in [0.717, 1.165) is 12.3 Å². The number of allylic oxidation sites excluding steroid dienone is 1. The molecule has 0 aromatic carbocycles. The molecule has 2 N–H and O–H groups in total. The summed E-state index contributed by atoms with van der Waals surface area (Å²) in [6.45, 7) is 7.78. The maximum absolute atomic E-state index is 12.8. The molecule has 2 fully saturated rings. The third-order valence-corrected chi connectivity index (χ3v) is 5.56. The number of halogens is 1. The Morgan fingerprint density at radius 3 is 2.48 bits per heavy atom. The molecule has 0 aliphatic carbocycles. The number of rotatable bonds is 6. The number of carbonyl (C=O) groups is 3. The number of hydrogen-bond acceptors (Lipinski definition) is 6. The van der Waals surface area contributed by atoms with Crippen LogP contribution in [0.3, 0.4) is 0 Å². The topological polar surface area (TPSA) is 100 Å². The summed E-state index contributed by atoms with van der Waals surface area (Å²) in [5.74, 6) is -1.13. The number of thioether (sulfide) groups is 1. The second-order valence-electron chi connectivity index (χ2n) is 8.10. The molecule has 0 aromatic rings. The Labute approximate surface area is 182 Å². The summed E-state index contributed by atoms with van der Waals surface area (Å²) in [7, 11) is 1.87. The van der Waals surface area contributed by atoms with E-state index < -0.39 is 17.7 Å². The quantitative estimate of drug-likeness (QED) is 0.365. The van der Waals surface area contributed by atoms with Gasteiger partial charge in [0.1, 0.15) is 6.04 Å². The smallest absolute Gasteiger partial charge is 0.309 e. The van der Waals surface area contributed by atoms with E-state index >= 15 is 0 Å². The second kappa shape index (κ2) is 11.6. The fourth-order valence-corrected chi connectivity index (χ4v) is 3.84. The lowest BCUT2D eigenvalue weighted by atomic mass is 9.88. The van der Waals surface area contributed by atoms with Crippen LogP contribution in [0.4, 0.5) is 0 Å². The van der Waals surface area contributed by atoms with Gasteiger partial charge in [-0.2, -0.15) is 0 Å². The van der Waals surface area contributed by atoms with Crippen LogP contribution in [0.1, 0.15) is 33.6 Å². The summed E-state index contributed by atoms with van der Waals surface area (Å²) in [5.41, 5.74) is 2.18. The first-order valence-electron chi connectivity index (χ1n) is 9.50. The Morgan fingerprint density at radius 1 is 1.28 bits per heavy atom. The van der Waals surface area contributed by atoms with Gasteiger partial charge in [0.05, 0.1) is 0 Å². The fraction of sp³-hybridized carbons (Fsp3) is 0.684. The average Bonchev–Trinajstić information content (AvgIpc) is 3.07. The average molecular weight is 447 g/mol. The summed E-state index contributed by atoms with van der Waals surface area (Å²) in [4.78, 5) is 39.4. The minimum Gasteiger partial charge on any atom is -0.381 e. The number of amidine groups is 1. The SMILES string of the molecule is CN1CCS/C1=N\NC(=O)C(=O)C(NC(=O)/C=C/C(C)(C)C)C1CCOCC1.Cl. The largest absolute Gasteiger partial charge is 0.381 e. The van der Waals surface area contributed by atoms with Crippen LogP contribution in [0.5, 0.6) is 0 Å². The van der Waals surface area contributed by atoms with Gasteiger partial charge >= 0.3 is 5.91 Å². The highest BCUT2D eigenvalue weighted by Gasteiger charge is 2.34. The number of Topliss-reactive ketones (excluding diaryl/α,β-unsaturated/α-hetero) is 1. The number of carbonyl (C=O) groups excluding carboxylic acids is 3. The molecular weight excluding hydrogens is 416 g/mol. The van der Waals surface area contributed by atoms with Crippen LogP contribution in [-0.4, -0.2) is 66.3 Å². The molecule has 2 rings (SSSR count). The number of hydrazone groups is 1. The van der Waals surface area contributed by atoms with Gasteiger partial charge in [-0.05, 0) is 30.3 Å². The van der Waals surface area contributed by atoms with Gasteiger partial charge in [-0.1, -0.05) is 38.6 Å². The van der Waals surface area contributed by atoms with Crippen LogP contribution in [0, 0.1) is 11.3 Å². The highest BCUT2D eigenvalue weighted by molar-refractivity contribution is 8.14. The number of nitrogens with zero attached hydrogens (tertiary/aromatic N) is 2. The van der Waals surface area contributed by atoms with Gasteiger partial charge in [-0.3, -0.25) is 14.4 Å². The molecule has 0 bridgehead atoms. The zero-order valence-electron chi connectivity index (χ0n) is 17.4. The zero-order chi connectivity index (χ0) is 20.7. The highest BCUT2D eigenvalue weighted by atomic mass is 35.5. The molecule has 0 saturated carbocycles. The molecular formula is C19H31ClN4O4S. The monoisotopic (exact) mass is 446 g/mol. The van der Waals surface area contributed by atoms with Crippen LogP contribution < -0.4 is 10.7 Å². The van der Waals surface area contributed by atoms with Crippen LogP contribution in [0.15, 0.2) is 17.3 Å². The molecule has 29 heavy (non-hydrogen) atoms. The van der Waals surface area contributed by atoms with E-state index in [9.17, 15) is 14.4 Å². The normalized spacial score (nSPS) is 20.4. The standard InChI is InChI=1S/C19H30N4O4S.ClH/c1-19(2,3)8-5-14(24)20-15(13-6-10-27-11-7-13)16(25)17(26)21-22-18-23(4)9-12-28-18;/h5,8,13,15H,6-7,9-12H2,1-4H3,(H,20,24)(H,21,26);1H/b8-5+,22-18-;. The van der Waals surface area contributed by atoms with Crippen LogP contribution >= 0.6 is 24.2 Å². The van der Waals surface area contributed by atoms with E-state index in [-0.39, 0.29) is 29.6 Å². The summed E-state index contributed by atoms with van der Waals surface area (Å²) < 4.78 is 5.35. The van der Waals surface area contributed by atoms with Gasteiger partial charge in [0.15, 0.2) is 5.17 Å². The number of amides is 2. The third-order valence-electron chi connectivity index (χ3n) is 4.51. The lowest BCUT2D eigenvalue weighted by Crippen LogP contribution is -2.51. The molecule has 2 heterocycles. The number of ketones is 1. The van der Waals surface area contributed by atoms with Gasteiger partial charge in [-0.15, -0.1) is 17.5 Å². The van der Waals surface area contributed by atoms with Gasteiger partial charge in [0.2, 0.25) is 11.7 Å². The Balaban J connectivity index is 0.00000420. The summed E-state index contributed by atoms with van der Waals surface area (Å²) in [5, 5.41) is 7.42. The van der Waals surface area contributed by atoms with Crippen LogP contribution in [0.2, 0.25) is 0 Å². The summed E-state index contributed by atoms with van der Waals surface area (Å²) >= 11 is 1.51. The van der Waals surface area contributed by atoms with E-state index in [1.807, 2.05) is 32.7 Å². The van der Waals surface area contributed by atoms with Crippen molar-refractivity contribution in [2.24, 2.45) is 16.4 Å². The van der Waals surface area contributed by atoms with Gasteiger partial charge in [0.25, 0.3) is 0 Å². The molecule has 1 atom stereocenters. The lowest BCUT2D eigenvalue weighted by Gasteiger charge is -2.29. The van der Waals surface area contributed by atoms with Gasteiger partial charge in [-0.25, -0.2) is 5.43 Å². The van der Waals surface area contributed by atoms with Crippen molar-refractivity contribution in [2.45, 2.75) is 39.7 Å². The molecule has 8 nitrogen and oxygen atoms in total. The van der Waals surface area contributed by atoms with E-state index in [2.05, 4.69) is 15.8 Å². The number of hydrogen-bond donors (Lipinski definition) is 2. The third kappa shape index (κ3) is 8.36. The summed E-state index contributed by atoms with van der Waals surface area (Å²) in [6.07, 6.45) is 4.41. The Hall–Kier alpha value is -1.58. The number of ether oxygens (including phenoxy) is 1. The van der Waals surface area contributed by atoms with Crippen molar-refractivity contribution in [1.82, 2.24) is 15.6 Å². The predicted molar refractivity (Wildman–Crippen MR) is 117 cm³/mol. The zero-order valence-corrected chi connectivity index (χ0v) is 19.0. The number of nitrogens with one attached hydrogen (secondary N) is 2. The molecule has 1 unspecified atom stereocenters. The van der Waals surface area contributed by atoms with Crippen molar-refractivity contribution >= 4 is 46.9 Å². The predicted octanol–water partition coefficient (Wildman–Crippen LogP) is 1.56. The first kappa shape index (κ1) is 25.5. The maximum Gasteiger partial charge on any atom is 0.309 e. The minimum absolute atomic E-state index is 0. The van der Waals surface area contributed by atoms with E-state index in [0.29, 0.717) is 31.2 Å². The molecule has 2 aliphatic rings. The minimum atomic E-state index is -0.893. The van der Waals surface area contributed by atoms with Crippen molar-refractivity contribution in [3.8, 4) is 0 Å². The molecule has 2 aliphatic heterocycles. The Bertz CT molecular complexity index is 657. The van der Waals surface area contributed by atoms with E-state index in [4.69, 9.17) is 4.74 Å². The van der Waals surface area contributed by atoms with Crippen molar-refractivity contribution in [2.75, 3.05) is 32.6 Å². The Morgan fingerprint density at radius 2 is 1.93 bits per heavy atom.